The minimum absolute atomic E-state index is 0.0362. The van der Waals surface area contributed by atoms with Crippen molar-refractivity contribution in [2.45, 2.75) is 39.3 Å². The number of hydrogen-bond donors (Lipinski definition) is 1. The molecule has 0 fully saturated rings. The minimum Gasteiger partial charge on any atom is -0.346 e. The number of amides is 1. The third-order valence-corrected chi connectivity index (χ3v) is 5.59. The maximum atomic E-state index is 12.6. The molecule has 5 heteroatoms. The molecule has 2 aromatic heterocycles. The van der Waals surface area contributed by atoms with Crippen LogP contribution in [0.25, 0.3) is 17.0 Å². The van der Waals surface area contributed by atoms with Crippen LogP contribution >= 0.6 is 11.3 Å². The Morgan fingerprint density at radius 1 is 1.29 bits per heavy atom. The Kier molecular flexibility index (Phi) is 6.67. The average molecular weight is 392 g/mol. The summed E-state index contributed by atoms with van der Waals surface area (Å²) in [6.45, 7) is 4.98. The number of rotatable bonds is 8. The van der Waals surface area contributed by atoms with E-state index in [1.54, 1.807) is 17.4 Å². The number of fused-ring (bicyclic) bond motifs is 1. The molecule has 1 unspecified atom stereocenters. The van der Waals surface area contributed by atoms with Gasteiger partial charge in [0.05, 0.1) is 18.5 Å². The molecule has 0 bridgehead atoms. The number of nitriles is 1. The molecule has 0 spiro atoms. The lowest BCUT2D eigenvalue weighted by atomic mass is 10.0. The molecule has 2 heterocycles. The van der Waals surface area contributed by atoms with Gasteiger partial charge in [0.1, 0.15) is 0 Å². The number of nitrogens with one attached hydrogen (secondary N) is 1. The van der Waals surface area contributed by atoms with E-state index in [2.05, 4.69) is 35.9 Å². The van der Waals surface area contributed by atoms with Crippen LogP contribution in [0.15, 0.2) is 54.1 Å². The number of benzene rings is 1. The highest BCUT2D eigenvalue weighted by atomic mass is 32.1. The van der Waals surface area contributed by atoms with E-state index in [0.29, 0.717) is 18.9 Å². The summed E-state index contributed by atoms with van der Waals surface area (Å²) in [4.78, 5) is 13.8. The number of thiophene rings is 1. The Morgan fingerprint density at radius 2 is 2.11 bits per heavy atom. The zero-order chi connectivity index (χ0) is 19.9. The van der Waals surface area contributed by atoms with Crippen molar-refractivity contribution in [1.82, 2.24) is 9.88 Å². The highest BCUT2D eigenvalue weighted by Crippen LogP contribution is 2.26. The van der Waals surface area contributed by atoms with Gasteiger partial charge in [0.25, 0.3) is 0 Å². The third-order valence-electron chi connectivity index (χ3n) is 4.61. The molecule has 0 radical (unpaired) electrons. The fraction of sp³-hybridized carbons (Fsp3) is 0.304. The second-order valence-corrected chi connectivity index (χ2v) is 8.22. The van der Waals surface area contributed by atoms with Crippen molar-refractivity contribution < 1.29 is 4.79 Å². The fourth-order valence-electron chi connectivity index (χ4n) is 3.36. The van der Waals surface area contributed by atoms with Gasteiger partial charge in [-0.25, -0.2) is 0 Å². The van der Waals surface area contributed by atoms with Gasteiger partial charge in [-0.1, -0.05) is 38.1 Å². The smallest absolute Gasteiger partial charge is 0.244 e. The number of aryl methyl sites for hydroxylation is 1. The Labute approximate surface area is 170 Å². The Bertz CT molecular complexity index is 993. The molecule has 3 rings (SSSR count). The van der Waals surface area contributed by atoms with Gasteiger partial charge in [-0.3, -0.25) is 4.79 Å². The lowest BCUT2D eigenvalue weighted by Gasteiger charge is -2.18. The quantitative estimate of drug-likeness (QED) is 0.513. The van der Waals surface area contributed by atoms with Gasteiger partial charge in [-0.05, 0) is 35.9 Å². The lowest BCUT2D eigenvalue weighted by Crippen LogP contribution is -2.27. The molecule has 0 saturated carbocycles. The standard InChI is InChI=1S/C23H25N3OS/c1-17(2)15-20(22-9-5-14-28-22)25-23(27)11-10-18-16-26(13-6-12-24)21-8-4-3-7-19(18)21/h3-5,7-11,14,16-17,20H,6,13,15H2,1-2H3,(H,25,27). The summed E-state index contributed by atoms with van der Waals surface area (Å²) in [5.74, 6) is 0.405. The average Bonchev–Trinajstić information content (AvgIpc) is 3.32. The van der Waals surface area contributed by atoms with Gasteiger partial charge in [-0.2, -0.15) is 5.26 Å². The van der Waals surface area contributed by atoms with E-state index in [-0.39, 0.29) is 11.9 Å². The Balaban J connectivity index is 1.77. The van der Waals surface area contributed by atoms with Crippen LogP contribution in [-0.2, 0) is 11.3 Å². The van der Waals surface area contributed by atoms with E-state index >= 15 is 0 Å². The van der Waals surface area contributed by atoms with Crippen molar-refractivity contribution in [1.29, 1.82) is 5.26 Å². The number of carbonyl (C=O) groups excluding carboxylic acids is 1. The number of para-hydroxylation sites is 1. The van der Waals surface area contributed by atoms with Gasteiger partial charge in [0.2, 0.25) is 5.91 Å². The van der Waals surface area contributed by atoms with Gasteiger partial charge >= 0.3 is 0 Å². The first kappa shape index (κ1) is 19.9. The summed E-state index contributed by atoms with van der Waals surface area (Å²) in [5.41, 5.74) is 2.06. The van der Waals surface area contributed by atoms with Crippen LogP contribution in [0.2, 0.25) is 0 Å². The van der Waals surface area contributed by atoms with Crippen molar-refractivity contribution in [3.05, 3.63) is 64.5 Å². The number of carbonyl (C=O) groups is 1. The van der Waals surface area contributed by atoms with Crippen molar-refractivity contribution in [3.8, 4) is 6.07 Å². The van der Waals surface area contributed by atoms with Crippen molar-refractivity contribution in [2.24, 2.45) is 5.92 Å². The first-order chi connectivity index (χ1) is 13.6. The molecule has 1 atom stereocenters. The maximum Gasteiger partial charge on any atom is 0.244 e. The highest BCUT2D eigenvalue weighted by Gasteiger charge is 2.16. The monoisotopic (exact) mass is 391 g/mol. The summed E-state index contributed by atoms with van der Waals surface area (Å²) >= 11 is 1.67. The summed E-state index contributed by atoms with van der Waals surface area (Å²) in [6.07, 6.45) is 6.85. The molecule has 0 aliphatic rings. The van der Waals surface area contributed by atoms with E-state index in [9.17, 15) is 4.79 Å². The maximum absolute atomic E-state index is 12.6. The first-order valence-electron chi connectivity index (χ1n) is 9.55. The molecule has 1 N–H and O–H groups in total. The molecule has 28 heavy (non-hydrogen) atoms. The van der Waals surface area contributed by atoms with Crippen LogP contribution in [0.3, 0.4) is 0 Å². The second kappa shape index (κ2) is 9.38. The van der Waals surface area contributed by atoms with E-state index in [4.69, 9.17) is 5.26 Å². The SMILES string of the molecule is CC(C)CC(NC(=O)C=Cc1cn(CCC#N)c2ccccc12)c1cccs1. The summed E-state index contributed by atoms with van der Waals surface area (Å²) in [6, 6.07) is 14.4. The normalized spacial score (nSPS) is 12.5. The van der Waals surface area contributed by atoms with Crippen LogP contribution in [-0.4, -0.2) is 10.5 Å². The Morgan fingerprint density at radius 3 is 2.82 bits per heavy atom. The topological polar surface area (TPSA) is 57.8 Å². The summed E-state index contributed by atoms with van der Waals surface area (Å²) < 4.78 is 2.07. The van der Waals surface area contributed by atoms with E-state index in [1.807, 2.05) is 48.0 Å². The zero-order valence-electron chi connectivity index (χ0n) is 16.3. The van der Waals surface area contributed by atoms with E-state index in [1.165, 1.54) is 4.88 Å². The molecule has 144 valence electrons. The first-order valence-corrected chi connectivity index (χ1v) is 10.4. The van der Waals surface area contributed by atoms with E-state index in [0.717, 1.165) is 22.9 Å². The molecule has 3 aromatic rings. The van der Waals surface area contributed by atoms with Crippen LogP contribution < -0.4 is 5.32 Å². The molecule has 4 nitrogen and oxygen atoms in total. The van der Waals surface area contributed by atoms with Crippen molar-refractivity contribution in [3.63, 3.8) is 0 Å². The Hall–Kier alpha value is -2.84. The summed E-state index contributed by atoms with van der Waals surface area (Å²) in [5, 5.41) is 15.1. The van der Waals surface area contributed by atoms with Gasteiger partial charge in [0.15, 0.2) is 0 Å². The minimum atomic E-state index is -0.0899. The van der Waals surface area contributed by atoms with Gasteiger partial charge in [0, 0.05) is 40.2 Å². The van der Waals surface area contributed by atoms with Gasteiger partial charge in [-0.15, -0.1) is 11.3 Å². The van der Waals surface area contributed by atoms with Crippen LogP contribution in [0.4, 0.5) is 0 Å². The number of aromatic nitrogens is 1. The van der Waals surface area contributed by atoms with E-state index < -0.39 is 0 Å². The molecule has 1 amide bonds. The summed E-state index contributed by atoms with van der Waals surface area (Å²) in [7, 11) is 0. The van der Waals surface area contributed by atoms with Crippen LogP contribution in [0.5, 0.6) is 0 Å². The number of hydrogen-bond acceptors (Lipinski definition) is 3. The molecule has 1 aromatic carbocycles. The number of nitrogens with zero attached hydrogens (tertiary/aromatic N) is 2. The van der Waals surface area contributed by atoms with Gasteiger partial charge < -0.3 is 9.88 Å². The molecular weight excluding hydrogens is 366 g/mol. The van der Waals surface area contributed by atoms with Crippen LogP contribution in [0, 0.1) is 17.2 Å². The van der Waals surface area contributed by atoms with Crippen molar-refractivity contribution in [2.75, 3.05) is 0 Å². The predicted octanol–water partition coefficient (Wildman–Crippen LogP) is 5.53. The molecular formula is C23H25N3OS. The van der Waals surface area contributed by atoms with Crippen LogP contribution in [0.1, 0.15) is 43.2 Å². The molecule has 0 aliphatic heterocycles. The lowest BCUT2D eigenvalue weighted by molar-refractivity contribution is -0.117. The second-order valence-electron chi connectivity index (χ2n) is 7.24. The molecule has 0 aliphatic carbocycles. The largest absolute Gasteiger partial charge is 0.346 e. The fourth-order valence-corrected chi connectivity index (χ4v) is 4.15. The predicted molar refractivity (Wildman–Crippen MR) is 116 cm³/mol. The molecule has 0 saturated heterocycles. The highest BCUT2D eigenvalue weighted by molar-refractivity contribution is 7.10. The zero-order valence-corrected chi connectivity index (χ0v) is 17.1. The van der Waals surface area contributed by atoms with Crippen molar-refractivity contribution >= 4 is 34.2 Å². The third kappa shape index (κ3) is 4.90.